The fourth-order valence-electron chi connectivity index (χ4n) is 5.40. The molecule has 2 aliphatic carbocycles. The first kappa shape index (κ1) is 18.4. The maximum Gasteiger partial charge on any atom is 0.522 e. The zero-order chi connectivity index (χ0) is 21.2. The maximum absolute atomic E-state index is 12.7. The molecule has 0 bridgehead atoms. The SMILES string of the molecule is FC(F)(F)OCc1ccc2c(c1)C1(c3ccccc3-c3ccccc31)c1ccccc1-2. The minimum Gasteiger partial charge on any atom is -0.287 e. The predicted molar refractivity (Wildman–Crippen MR) is 114 cm³/mol. The molecule has 0 fully saturated rings. The Morgan fingerprint density at radius 1 is 0.581 bits per heavy atom. The van der Waals surface area contributed by atoms with Crippen LogP contribution in [0.4, 0.5) is 13.2 Å². The van der Waals surface area contributed by atoms with Crippen LogP contribution in [0.2, 0.25) is 0 Å². The first-order valence-electron chi connectivity index (χ1n) is 10.1. The molecule has 2 aliphatic rings. The fourth-order valence-corrected chi connectivity index (χ4v) is 5.40. The van der Waals surface area contributed by atoms with Gasteiger partial charge in [0.2, 0.25) is 0 Å². The molecule has 0 amide bonds. The van der Waals surface area contributed by atoms with Crippen LogP contribution in [0.5, 0.6) is 0 Å². The van der Waals surface area contributed by atoms with Crippen molar-refractivity contribution in [3.63, 3.8) is 0 Å². The van der Waals surface area contributed by atoms with Gasteiger partial charge in [-0.1, -0.05) is 91.0 Å². The van der Waals surface area contributed by atoms with Crippen LogP contribution in [0.1, 0.15) is 27.8 Å². The first-order valence-corrected chi connectivity index (χ1v) is 10.1. The molecule has 1 nitrogen and oxygen atoms in total. The Hall–Kier alpha value is -3.37. The highest BCUT2D eigenvalue weighted by molar-refractivity contribution is 5.94. The fraction of sp³-hybridized carbons (Fsp3) is 0.111. The van der Waals surface area contributed by atoms with Crippen LogP contribution in [0.3, 0.4) is 0 Å². The summed E-state index contributed by atoms with van der Waals surface area (Å²) in [4.78, 5) is 0. The molecule has 6 rings (SSSR count). The van der Waals surface area contributed by atoms with Gasteiger partial charge >= 0.3 is 6.36 Å². The summed E-state index contributed by atoms with van der Waals surface area (Å²) in [6, 6.07) is 30.5. The molecule has 0 radical (unpaired) electrons. The van der Waals surface area contributed by atoms with E-state index in [0.717, 1.165) is 44.5 Å². The van der Waals surface area contributed by atoms with Crippen molar-refractivity contribution in [2.75, 3.05) is 0 Å². The minimum absolute atomic E-state index is 0.505. The molecule has 152 valence electrons. The van der Waals surface area contributed by atoms with Crippen molar-refractivity contribution in [2.24, 2.45) is 0 Å². The summed E-state index contributed by atoms with van der Waals surface area (Å²) in [6.07, 6.45) is -4.66. The molecule has 0 N–H and O–H groups in total. The Balaban J connectivity index is 1.67. The van der Waals surface area contributed by atoms with E-state index in [9.17, 15) is 13.2 Å². The normalized spacial score (nSPS) is 14.8. The molecule has 0 unspecified atom stereocenters. The summed E-state index contributed by atoms with van der Waals surface area (Å²) in [6.45, 7) is -0.507. The first-order chi connectivity index (χ1) is 15.0. The van der Waals surface area contributed by atoms with Gasteiger partial charge in [-0.05, 0) is 50.1 Å². The van der Waals surface area contributed by atoms with E-state index in [0.29, 0.717) is 5.56 Å². The molecule has 31 heavy (non-hydrogen) atoms. The van der Waals surface area contributed by atoms with Crippen LogP contribution in [-0.2, 0) is 16.8 Å². The molecule has 0 aromatic heterocycles. The van der Waals surface area contributed by atoms with Crippen molar-refractivity contribution in [1.29, 1.82) is 0 Å². The lowest BCUT2D eigenvalue weighted by Gasteiger charge is -2.30. The van der Waals surface area contributed by atoms with Gasteiger partial charge < -0.3 is 0 Å². The molecular weight excluding hydrogens is 397 g/mol. The standard InChI is InChI=1S/C27H17F3O/c28-27(29,30)31-16-17-13-14-21-20-9-3-6-12-24(20)26(25(21)15-17)22-10-4-1-7-18(22)19-8-2-5-11-23(19)26/h1-15H,16H2. The number of ether oxygens (including phenoxy) is 1. The third kappa shape index (κ3) is 2.48. The molecule has 4 heteroatoms. The van der Waals surface area contributed by atoms with Crippen molar-refractivity contribution >= 4 is 0 Å². The summed E-state index contributed by atoms with van der Waals surface area (Å²) in [5, 5.41) is 0. The summed E-state index contributed by atoms with van der Waals surface area (Å²) >= 11 is 0. The monoisotopic (exact) mass is 414 g/mol. The predicted octanol–water partition coefficient (Wildman–Crippen LogP) is 7.07. The smallest absolute Gasteiger partial charge is 0.287 e. The van der Waals surface area contributed by atoms with E-state index in [1.165, 1.54) is 0 Å². The van der Waals surface area contributed by atoms with Crippen molar-refractivity contribution in [3.8, 4) is 22.3 Å². The second-order valence-electron chi connectivity index (χ2n) is 8.00. The highest BCUT2D eigenvalue weighted by Crippen LogP contribution is 2.62. The number of hydrogen-bond acceptors (Lipinski definition) is 1. The molecule has 0 heterocycles. The Morgan fingerprint density at radius 2 is 1.03 bits per heavy atom. The zero-order valence-electron chi connectivity index (χ0n) is 16.4. The molecule has 0 aliphatic heterocycles. The average Bonchev–Trinajstić information content (AvgIpc) is 3.24. The molecule has 1 spiro atoms. The van der Waals surface area contributed by atoms with Crippen molar-refractivity contribution < 1.29 is 17.9 Å². The van der Waals surface area contributed by atoms with E-state index in [1.807, 2.05) is 48.5 Å². The van der Waals surface area contributed by atoms with Crippen LogP contribution >= 0.6 is 0 Å². The molecule has 4 aromatic carbocycles. The van der Waals surface area contributed by atoms with Gasteiger partial charge in [-0.2, -0.15) is 0 Å². The van der Waals surface area contributed by atoms with Crippen LogP contribution in [-0.4, -0.2) is 6.36 Å². The van der Waals surface area contributed by atoms with Gasteiger partial charge in [-0.3, -0.25) is 4.74 Å². The Bertz CT molecular complexity index is 1270. The number of halogens is 3. The maximum atomic E-state index is 12.7. The Labute approximate surface area is 177 Å². The number of alkyl halides is 3. The van der Waals surface area contributed by atoms with Crippen LogP contribution < -0.4 is 0 Å². The average molecular weight is 414 g/mol. The zero-order valence-corrected chi connectivity index (χ0v) is 16.4. The topological polar surface area (TPSA) is 9.23 Å². The van der Waals surface area contributed by atoms with E-state index in [4.69, 9.17) is 0 Å². The van der Waals surface area contributed by atoms with Crippen molar-refractivity contribution in [1.82, 2.24) is 0 Å². The summed E-state index contributed by atoms with van der Waals surface area (Å²) in [5.41, 5.74) is 8.96. The quantitative estimate of drug-likeness (QED) is 0.295. The van der Waals surface area contributed by atoms with E-state index < -0.39 is 18.4 Å². The summed E-state index contributed by atoms with van der Waals surface area (Å²) in [7, 11) is 0. The van der Waals surface area contributed by atoms with E-state index in [2.05, 4.69) is 41.1 Å². The van der Waals surface area contributed by atoms with Crippen molar-refractivity contribution in [2.45, 2.75) is 18.4 Å². The Kier molecular flexibility index (Phi) is 3.75. The van der Waals surface area contributed by atoms with Gasteiger partial charge in [0.05, 0.1) is 12.0 Å². The van der Waals surface area contributed by atoms with E-state index in [1.54, 1.807) is 6.07 Å². The molecule has 0 atom stereocenters. The third-order valence-corrected chi connectivity index (χ3v) is 6.46. The number of benzene rings is 4. The van der Waals surface area contributed by atoms with Crippen molar-refractivity contribution in [3.05, 3.63) is 119 Å². The van der Waals surface area contributed by atoms with Gasteiger partial charge in [0.15, 0.2) is 0 Å². The number of fused-ring (bicyclic) bond motifs is 10. The number of hydrogen-bond donors (Lipinski definition) is 0. The summed E-state index contributed by atoms with van der Waals surface area (Å²) < 4.78 is 42.2. The van der Waals surface area contributed by atoms with Gasteiger partial charge in [0.25, 0.3) is 0 Å². The molecule has 0 saturated heterocycles. The second-order valence-corrected chi connectivity index (χ2v) is 8.00. The van der Waals surface area contributed by atoms with Crippen LogP contribution in [0.25, 0.3) is 22.3 Å². The second kappa shape index (κ2) is 6.32. The van der Waals surface area contributed by atoms with E-state index in [-0.39, 0.29) is 0 Å². The van der Waals surface area contributed by atoms with Gasteiger partial charge in [-0.25, -0.2) is 0 Å². The van der Waals surface area contributed by atoms with Gasteiger partial charge in [0, 0.05) is 0 Å². The van der Waals surface area contributed by atoms with Gasteiger partial charge in [-0.15, -0.1) is 13.2 Å². The van der Waals surface area contributed by atoms with Gasteiger partial charge in [0.1, 0.15) is 0 Å². The molecule has 0 saturated carbocycles. The molecular formula is C27H17F3O. The highest BCUT2D eigenvalue weighted by atomic mass is 19.4. The van der Waals surface area contributed by atoms with Crippen LogP contribution in [0, 0.1) is 0 Å². The van der Waals surface area contributed by atoms with E-state index >= 15 is 0 Å². The largest absolute Gasteiger partial charge is 0.522 e. The lowest BCUT2D eigenvalue weighted by molar-refractivity contribution is -0.330. The lowest BCUT2D eigenvalue weighted by atomic mass is 9.70. The molecule has 4 aromatic rings. The Morgan fingerprint density at radius 3 is 1.52 bits per heavy atom. The lowest BCUT2D eigenvalue weighted by Crippen LogP contribution is -2.26. The summed E-state index contributed by atoms with van der Waals surface area (Å²) in [5.74, 6) is 0. The highest BCUT2D eigenvalue weighted by Gasteiger charge is 2.51. The van der Waals surface area contributed by atoms with Crippen LogP contribution in [0.15, 0.2) is 91.0 Å². The number of rotatable bonds is 2. The third-order valence-electron chi connectivity index (χ3n) is 6.46. The minimum atomic E-state index is -4.66.